The van der Waals surface area contributed by atoms with Gasteiger partial charge in [0.1, 0.15) is 0 Å². The first-order valence-electron chi connectivity index (χ1n) is 7.35. The summed E-state index contributed by atoms with van der Waals surface area (Å²) in [5.74, 6) is -0.892. The monoisotopic (exact) mass is 290 g/mol. The van der Waals surface area contributed by atoms with Crippen LogP contribution in [0.4, 0.5) is 0 Å². The Kier molecular flexibility index (Phi) is 4.96. The van der Waals surface area contributed by atoms with Crippen molar-refractivity contribution in [2.45, 2.75) is 45.3 Å². The fraction of sp³-hybridized carbons (Fsp3) is 0.500. The lowest BCUT2D eigenvalue weighted by molar-refractivity contribution is -0.141. The van der Waals surface area contributed by atoms with Crippen LogP contribution in [0.3, 0.4) is 0 Å². The zero-order valence-electron chi connectivity index (χ0n) is 12.5. The summed E-state index contributed by atoms with van der Waals surface area (Å²) in [7, 11) is 0. The van der Waals surface area contributed by atoms with Gasteiger partial charge < -0.3 is 15.3 Å². The van der Waals surface area contributed by atoms with Gasteiger partial charge in [0.15, 0.2) is 0 Å². The van der Waals surface area contributed by atoms with E-state index in [-0.39, 0.29) is 24.4 Å². The van der Waals surface area contributed by atoms with Gasteiger partial charge in [-0.25, -0.2) is 0 Å². The number of carboxylic acid groups (broad SMARTS) is 1. The summed E-state index contributed by atoms with van der Waals surface area (Å²) in [6.45, 7) is 4.86. The maximum atomic E-state index is 12.6. The van der Waals surface area contributed by atoms with Crippen LogP contribution in [0.5, 0.6) is 0 Å². The Morgan fingerprint density at radius 2 is 2.05 bits per heavy atom. The first kappa shape index (κ1) is 15.5. The molecule has 0 aromatic heterocycles. The first-order chi connectivity index (χ1) is 10.0. The SMILES string of the molecule is CCN(C(=O)C1Cc2ccccc2CN1)C(C)CC(=O)O. The number of amides is 1. The molecule has 0 spiro atoms. The van der Waals surface area contributed by atoms with Gasteiger partial charge in [0.05, 0.1) is 12.5 Å². The van der Waals surface area contributed by atoms with Crippen molar-refractivity contribution in [3.63, 3.8) is 0 Å². The van der Waals surface area contributed by atoms with E-state index in [0.717, 1.165) is 0 Å². The minimum absolute atomic E-state index is 0.0132. The molecule has 1 amide bonds. The van der Waals surface area contributed by atoms with Crippen molar-refractivity contribution < 1.29 is 14.7 Å². The lowest BCUT2D eigenvalue weighted by atomic mass is 9.95. The Bertz CT molecular complexity index is 530. The number of carbonyl (C=O) groups excluding carboxylic acids is 1. The molecule has 0 radical (unpaired) electrons. The largest absolute Gasteiger partial charge is 0.481 e. The van der Waals surface area contributed by atoms with E-state index in [4.69, 9.17) is 5.11 Å². The van der Waals surface area contributed by atoms with Gasteiger partial charge in [-0.05, 0) is 31.4 Å². The second-order valence-corrected chi connectivity index (χ2v) is 5.48. The van der Waals surface area contributed by atoms with Gasteiger partial charge in [-0.2, -0.15) is 0 Å². The highest BCUT2D eigenvalue weighted by atomic mass is 16.4. The van der Waals surface area contributed by atoms with Gasteiger partial charge in [-0.15, -0.1) is 0 Å². The Morgan fingerprint density at radius 1 is 1.38 bits per heavy atom. The maximum absolute atomic E-state index is 12.6. The van der Waals surface area contributed by atoms with Crippen molar-refractivity contribution in [3.05, 3.63) is 35.4 Å². The molecular formula is C16H22N2O3. The second kappa shape index (κ2) is 6.72. The molecule has 0 fully saturated rings. The summed E-state index contributed by atoms with van der Waals surface area (Å²) >= 11 is 0. The molecule has 2 rings (SSSR count). The summed E-state index contributed by atoms with van der Waals surface area (Å²) in [5.41, 5.74) is 2.42. The molecule has 5 nitrogen and oxygen atoms in total. The van der Waals surface area contributed by atoms with Crippen molar-refractivity contribution in [1.82, 2.24) is 10.2 Å². The number of nitrogens with zero attached hydrogens (tertiary/aromatic N) is 1. The van der Waals surface area contributed by atoms with Crippen LogP contribution in [0.15, 0.2) is 24.3 Å². The van der Waals surface area contributed by atoms with Crippen LogP contribution >= 0.6 is 0 Å². The molecular weight excluding hydrogens is 268 g/mol. The summed E-state index contributed by atoms with van der Waals surface area (Å²) in [6, 6.07) is 7.53. The van der Waals surface area contributed by atoms with Crippen LogP contribution in [0.1, 0.15) is 31.4 Å². The van der Waals surface area contributed by atoms with Crippen LogP contribution in [-0.4, -0.2) is 40.5 Å². The zero-order valence-corrected chi connectivity index (χ0v) is 12.5. The van der Waals surface area contributed by atoms with E-state index in [2.05, 4.69) is 11.4 Å². The predicted octanol–water partition coefficient (Wildman–Crippen LogP) is 1.41. The van der Waals surface area contributed by atoms with Gasteiger partial charge in [-0.3, -0.25) is 9.59 Å². The molecule has 2 unspecified atom stereocenters. The van der Waals surface area contributed by atoms with Crippen LogP contribution < -0.4 is 5.32 Å². The Hall–Kier alpha value is -1.88. The van der Waals surface area contributed by atoms with Crippen molar-refractivity contribution >= 4 is 11.9 Å². The molecule has 2 atom stereocenters. The van der Waals surface area contributed by atoms with Crippen LogP contribution in [0.2, 0.25) is 0 Å². The van der Waals surface area contributed by atoms with Crippen LogP contribution in [-0.2, 0) is 22.6 Å². The molecule has 1 aliphatic heterocycles. The number of fused-ring (bicyclic) bond motifs is 1. The van der Waals surface area contributed by atoms with Crippen LogP contribution in [0.25, 0.3) is 0 Å². The van der Waals surface area contributed by atoms with Gasteiger partial charge in [0.2, 0.25) is 5.91 Å². The number of benzene rings is 1. The van der Waals surface area contributed by atoms with Gasteiger partial charge in [0.25, 0.3) is 0 Å². The second-order valence-electron chi connectivity index (χ2n) is 5.48. The smallest absolute Gasteiger partial charge is 0.305 e. The van der Waals surface area contributed by atoms with Gasteiger partial charge in [0, 0.05) is 19.1 Å². The molecule has 21 heavy (non-hydrogen) atoms. The lowest BCUT2D eigenvalue weighted by Crippen LogP contribution is -2.52. The highest BCUT2D eigenvalue weighted by molar-refractivity contribution is 5.83. The zero-order chi connectivity index (χ0) is 15.4. The van der Waals surface area contributed by atoms with E-state index in [9.17, 15) is 9.59 Å². The standard InChI is InChI=1S/C16H22N2O3/c1-3-18(11(2)8-15(19)20)16(21)14-9-12-6-4-5-7-13(12)10-17-14/h4-7,11,14,17H,3,8-10H2,1-2H3,(H,19,20). The highest BCUT2D eigenvalue weighted by Gasteiger charge is 2.30. The van der Waals surface area contributed by atoms with E-state index in [0.29, 0.717) is 19.5 Å². The Morgan fingerprint density at radius 3 is 2.67 bits per heavy atom. The molecule has 0 aliphatic carbocycles. The highest BCUT2D eigenvalue weighted by Crippen LogP contribution is 2.18. The summed E-state index contributed by atoms with van der Waals surface area (Å²) in [6.07, 6.45) is 0.633. The van der Waals surface area contributed by atoms with Crippen molar-refractivity contribution in [2.24, 2.45) is 0 Å². The molecule has 1 heterocycles. The molecule has 1 aromatic rings. The van der Waals surface area contributed by atoms with E-state index >= 15 is 0 Å². The molecule has 114 valence electrons. The van der Waals surface area contributed by atoms with Crippen LogP contribution in [0, 0.1) is 0 Å². The quantitative estimate of drug-likeness (QED) is 0.860. The van der Waals surface area contributed by atoms with E-state index in [1.165, 1.54) is 11.1 Å². The molecule has 5 heteroatoms. The van der Waals surface area contributed by atoms with Crippen molar-refractivity contribution in [1.29, 1.82) is 0 Å². The minimum atomic E-state index is -0.879. The minimum Gasteiger partial charge on any atom is -0.481 e. The average Bonchev–Trinajstić information content (AvgIpc) is 2.46. The van der Waals surface area contributed by atoms with Gasteiger partial charge in [-0.1, -0.05) is 24.3 Å². The Labute approximate surface area is 125 Å². The molecule has 0 bridgehead atoms. The fourth-order valence-corrected chi connectivity index (χ4v) is 2.88. The first-order valence-corrected chi connectivity index (χ1v) is 7.35. The topological polar surface area (TPSA) is 69.6 Å². The number of carboxylic acids is 1. The third-order valence-electron chi connectivity index (χ3n) is 4.01. The van der Waals surface area contributed by atoms with E-state index in [1.807, 2.05) is 25.1 Å². The normalized spacial score (nSPS) is 18.7. The van der Waals surface area contributed by atoms with E-state index in [1.54, 1.807) is 11.8 Å². The number of hydrogen-bond acceptors (Lipinski definition) is 3. The maximum Gasteiger partial charge on any atom is 0.305 e. The lowest BCUT2D eigenvalue weighted by Gasteiger charge is -2.33. The number of aliphatic carboxylic acids is 1. The summed E-state index contributed by atoms with van der Waals surface area (Å²) < 4.78 is 0. The number of rotatable bonds is 5. The van der Waals surface area contributed by atoms with Crippen molar-refractivity contribution in [3.8, 4) is 0 Å². The Balaban J connectivity index is 2.07. The third-order valence-corrected chi connectivity index (χ3v) is 4.01. The average molecular weight is 290 g/mol. The van der Waals surface area contributed by atoms with Crippen molar-refractivity contribution in [2.75, 3.05) is 6.54 Å². The fourth-order valence-electron chi connectivity index (χ4n) is 2.88. The molecule has 2 N–H and O–H groups in total. The molecule has 0 saturated heterocycles. The van der Waals surface area contributed by atoms with E-state index < -0.39 is 5.97 Å². The number of hydrogen-bond donors (Lipinski definition) is 2. The molecule has 1 aliphatic rings. The number of nitrogens with one attached hydrogen (secondary N) is 1. The summed E-state index contributed by atoms with van der Waals surface area (Å²) in [4.78, 5) is 25.1. The number of likely N-dealkylation sites (N-methyl/N-ethyl adjacent to an activating group) is 1. The van der Waals surface area contributed by atoms with Gasteiger partial charge >= 0.3 is 5.97 Å². The molecule has 1 aromatic carbocycles. The third kappa shape index (κ3) is 3.61. The summed E-state index contributed by atoms with van der Waals surface area (Å²) in [5, 5.41) is 12.2. The predicted molar refractivity (Wildman–Crippen MR) is 79.9 cm³/mol. The number of carbonyl (C=O) groups is 2. The molecule has 0 saturated carbocycles.